The summed E-state index contributed by atoms with van der Waals surface area (Å²) in [6.45, 7) is 2.32. The van der Waals surface area contributed by atoms with Gasteiger partial charge in [0.05, 0.1) is 12.4 Å². The number of aliphatic hydroxyl groups excluding tert-OH is 1. The van der Waals surface area contributed by atoms with E-state index < -0.39 is 6.10 Å². The Morgan fingerprint density at radius 3 is 2.91 bits per heavy atom. The molecule has 1 rings (SSSR count). The fourth-order valence-corrected chi connectivity index (χ4v) is 1.05. The van der Waals surface area contributed by atoms with Gasteiger partial charge in [-0.05, 0) is 26.0 Å². The van der Waals surface area contributed by atoms with Crippen molar-refractivity contribution < 1.29 is 9.52 Å². The van der Waals surface area contributed by atoms with Crippen molar-refractivity contribution in [2.24, 2.45) is 5.73 Å². The van der Waals surface area contributed by atoms with E-state index in [0.29, 0.717) is 13.0 Å². The molecule has 1 aromatic rings. The van der Waals surface area contributed by atoms with Crippen LogP contribution in [0, 0.1) is 6.92 Å². The van der Waals surface area contributed by atoms with Gasteiger partial charge in [0, 0.05) is 5.56 Å². The van der Waals surface area contributed by atoms with Crippen LogP contribution in [0.4, 0.5) is 0 Å². The highest BCUT2D eigenvalue weighted by Crippen LogP contribution is 2.20. The summed E-state index contributed by atoms with van der Waals surface area (Å²) in [6, 6.07) is 1.77. The van der Waals surface area contributed by atoms with Crippen molar-refractivity contribution >= 4 is 0 Å². The molecule has 0 aliphatic carbocycles. The Kier molecular flexibility index (Phi) is 2.68. The first-order chi connectivity index (χ1) is 5.25. The van der Waals surface area contributed by atoms with Gasteiger partial charge < -0.3 is 15.3 Å². The van der Waals surface area contributed by atoms with Gasteiger partial charge >= 0.3 is 0 Å². The molecule has 0 saturated heterocycles. The zero-order valence-corrected chi connectivity index (χ0v) is 6.58. The standard InChI is InChI=1S/C8H13NO2/c1-6-7(3-5-11-6)8(10)2-4-9/h3,5,8,10H,2,4,9H2,1H3. The first-order valence-electron chi connectivity index (χ1n) is 3.68. The van der Waals surface area contributed by atoms with E-state index in [2.05, 4.69) is 0 Å². The van der Waals surface area contributed by atoms with Crippen molar-refractivity contribution in [3.8, 4) is 0 Å². The molecule has 11 heavy (non-hydrogen) atoms. The van der Waals surface area contributed by atoms with Crippen molar-refractivity contribution in [1.29, 1.82) is 0 Å². The average molecular weight is 155 g/mol. The zero-order valence-electron chi connectivity index (χ0n) is 6.58. The van der Waals surface area contributed by atoms with Crippen LogP contribution in [0.5, 0.6) is 0 Å². The molecule has 0 aliphatic rings. The molecule has 0 fully saturated rings. The lowest BCUT2D eigenvalue weighted by atomic mass is 10.1. The van der Waals surface area contributed by atoms with Gasteiger partial charge in [-0.15, -0.1) is 0 Å². The lowest BCUT2D eigenvalue weighted by Crippen LogP contribution is -2.06. The van der Waals surface area contributed by atoms with Crippen LogP contribution in [0.3, 0.4) is 0 Å². The third kappa shape index (κ3) is 1.82. The SMILES string of the molecule is Cc1occc1C(O)CCN. The van der Waals surface area contributed by atoms with Crippen molar-refractivity contribution in [3.05, 3.63) is 23.7 Å². The Morgan fingerprint density at radius 1 is 1.73 bits per heavy atom. The second-order valence-corrected chi connectivity index (χ2v) is 2.53. The minimum Gasteiger partial charge on any atom is -0.469 e. The monoisotopic (exact) mass is 155 g/mol. The van der Waals surface area contributed by atoms with Gasteiger partial charge in [0.2, 0.25) is 0 Å². The van der Waals surface area contributed by atoms with E-state index in [1.807, 2.05) is 6.92 Å². The van der Waals surface area contributed by atoms with Crippen molar-refractivity contribution in [2.75, 3.05) is 6.54 Å². The van der Waals surface area contributed by atoms with Gasteiger partial charge in [0.25, 0.3) is 0 Å². The van der Waals surface area contributed by atoms with Gasteiger partial charge in [-0.1, -0.05) is 0 Å². The summed E-state index contributed by atoms with van der Waals surface area (Å²) in [6.07, 6.45) is 1.68. The molecule has 0 radical (unpaired) electrons. The average Bonchev–Trinajstić information content (AvgIpc) is 2.36. The lowest BCUT2D eigenvalue weighted by molar-refractivity contribution is 0.168. The summed E-state index contributed by atoms with van der Waals surface area (Å²) in [5.74, 6) is 0.769. The number of nitrogens with two attached hydrogens (primary N) is 1. The van der Waals surface area contributed by atoms with Gasteiger partial charge in [-0.2, -0.15) is 0 Å². The van der Waals surface area contributed by atoms with Crippen LogP contribution >= 0.6 is 0 Å². The summed E-state index contributed by atoms with van der Waals surface area (Å²) < 4.78 is 5.03. The summed E-state index contributed by atoms with van der Waals surface area (Å²) in [5, 5.41) is 9.45. The van der Waals surface area contributed by atoms with E-state index in [1.54, 1.807) is 12.3 Å². The molecule has 0 amide bonds. The van der Waals surface area contributed by atoms with Crippen LogP contribution in [0.15, 0.2) is 16.7 Å². The lowest BCUT2D eigenvalue weighted by Gasteiger charge is -2.06. The third-order valence-electron chi connectivity index (χ3n) is 1.70. The van der Waals surface area contributed by atoms with Crippen LogP contribution in [0.25, 0.3) is 0 Å². The fourth-order valence-electron chi connectivity index (χ4n) is 1.05. The normalized spacial score (nSPS) is 13.4. The Labute approximate surface area is 65.8 Å². The van der Waals surface area contributed by atoms with Crippen LogP contribution < -0.4 is 5.73 Å². The Balaban J connectivity index is 2.67. The topological polar surface area (TPSA) is 59.4 Å². The van der Waals surface area contributed by atoms with E-state index in [1.165, 1.54) is 0 Å². The van der Waals surface area contributed by atoms with Gasteiger partial charge in [0.15, 0.2) is 0 Å². The molecule has 1 aromatic heterocycles. The maximum atomic E-state index is 9.45. The van der Waals surface area contributed by atoms with Gasteiger partial charge in [-0.25, -0.2) is 0 Å². The highest BCUT2D eigenvalue weighted by atomic mass is 16.3. The molecule has 62 valence electrons. The molecule has 0 saturated carbocycles. The smallest absolute Gasteiger partial charge is 0.106 e. The maximum absolute atomic E-state index is 9.45. The molecular weight excluding hydrogens is 142 g/mol. The molecule has 0 aliphatic heterocycles. The fraction of sp³-hybridized carbons (Fsp3) is 0.500. The van der Waals surface area contributed by atoms with Gasteiger partial charge in [-0.3, -0.25) is 0 Å². The summed E-state index contributed by atoms with van der Waals surface area (Å²) in [5.41, 5.74) is 6.14. The van der Waals surface area contributed by atoms with Crippen molar-refractivity contribution in [1.82, 2.24) is 0 Å². The van der Waals surface area contributed by atoms with E-state index in [4.69, 9.17) is 10.2 Å². The molecule has 3 nitrogen and oxygen atoms in total. The molecule has 1 unspecified atom stereocenters. The molecule has 1 atom stereocenters. The van der Waals surface area contributed by atoms with Crippen LogP contribution in [-0.2, 0) is 0 Å². The quantitative estimate of drug-likeness (QED) is 0.683. The number of rotatable bonds is 3. The summed E-state index contributed by atoms with van der Waals surface area (Å²) >= 11 is 0. The molecule has 3 N–H and O–H groups in total. The van der Waals surface area contributed by atoms with Crippen LogP contribution in [0.1, 0.15) is 23.8 Å². The minimum absolute atomic E-state index is 0.473. The molecule has 0 bridgehead atoms. The van der Waals surface area contributed by atoms with E-state index in [0.717, 1.165) is 11.3 Å². The maximum Gasteiger partial charge on any atom is 0.106 e. The largest absolute Gasteiger partial charge is 0.469 e. The van der Waals surface area contributed by atoms with Crippen molar-refractivity contribution in [3.63, 3.8) is 0 Å². The molecular formula is C8H13NO2. The number of hydrogen-bond donors (Lipinski definition) is 2. The van der Waals surface area contributed by atoms with E-state index in [9.17, 15) is 5.11 Å². The van der Waals surface area contributed by atoms with Crippen LogP contribution in [-0.4, -0.2) is 11.7 Å². The summed E-state index contributed by atoms with van der Waals surface area (Å²) in [7, 11) is 0. The minimum atomic E-state index is -0.473. The number of aliphatic hydroxyl groups is 1. The highest BCUT2D eigenvalue weighted by Gasteiger charge is 2.10. The highest BCUT2D eigenvalue weighted by molar-refractivity contribution is 5.18. The number of furan rings is 1. The van der Waals surface area contributed by atoms with E-state index >= 15 is 0 Å². The van der Waals surface area contributed by atoms with Gasteiger partial charge in [0.1, 0.15) is 5.76 Å². The first-order valence-corrected chi connectivity index (χ1v) is 3.68. The number of hydrogen-bond acceptors (Lipinski definition) is 3. The zero-order chi connectivity index (χ0) is 8.27. The van der Waals surface area contributed by atoms with E-state index in [-0.39, 0.29) is 0 Å². The predicted octanol–water partition coefficient (Wildman–Crippen LogP) is 0.970. The number of aryl methyl sites for hydroxylation is 1. The van der Waals surface area contributed by atoms with Crippen molar-refractivity contribution in [2.45, 2.75) is 19.4 Å². The molecule has 0 aromatic carbocycles. The predicted molar refractivity (Wildman–Crippen MR) is 42.1 cm³/mol. The second kappa shape index (κ2) is 3.55. The second-order valence-electron chi connectivity index (χ2n) is 2.53. The molecule has 0 spiro atoms. The first kappa shape index (κ1) is 8.30. The Hall–Kier alpha value is -0.800. The molecule has 1 heterocycles. The summed E-state index contributed by atoms with van der Waals surface area (Å²) in [4.78, 5) is 0. The molecule has 3 heteroatoms. The van der Waals surface area contributed by atoms with Crippen LogP contribution in [0.2, 0.25) is 0 Å². The Bertz CT molecular complexity index is 220. The third-order valence-corrected chi connectivity index (χ3v) is 1.70. The Morgan fingerprint density at radius 2 is 2.45 bits per heavy atom.